The number of nitrogens with two attached hydrogens (primary N) is 1. The quantitative estimate of drug-likeness (QED) is 0.592. The molecule has 0 fully saturated rings. The molecule has 0 amide bonds. The van der Waals surface area contributed by atoms with Gasteiger partial charge in [0.05, 0.1) is 18.6 Å². The Labute approximate surface area is 108 Å². The summed E-state index contributed by atoms with van der Waals surface area (Å²) in [6.07, 6.45) is 2.42. The second-order valence-electron chi connectivity index (χ2n) is 4.56. The highest BCUT2D eigenvalue weighted by Gasteiger charge is 2.11. The van der Waals surface area contributed by atoms with Crippen molar-refractivity contribution in [1.82, 2.24) is 9.88 Å². The van der Waals surface area contributed by atoms with Crippen molar-refractivity contribution in [3.63, 3.8) is 0 Å². The summed E-state index contributed by atoms with van der Waals surface area (Å²) in [5.41, 5.74) is 8.48. The van der Waals surface area contributed by atoms with E-state index in [-0.39, 0.29) is 5.84 Å². The third-order valence-corrected chi connectivity index (χ3v) is 2.93. The maximum atomic E-state index is 7.22. The third kappa shape index (κ3) is 3.70. The van der Waals surface area contributed by atoms with Gasteiger partial charge in [-0.15, -0.1) is 0 Å². The molecule has 5 nitrogen and oxygen atoms in total. The van der Waals surface area contributed by atoms with Gasteiger partial charge in [-0.1, -0.05) is 0 Å². The van der Waals surface area contributed by atoms with Gasteiger partial charge in [-0.2, -0.15) is 0 Å². The van der Waals surface area contributed by atoms with Crippen LogP contribution in [0.1, 0.15) is 23.2 Å². The van der Waals surface area contributed by atoms with Crippen LogP contribution in [-0.2, 0) is 6.54 Å². The van der Waals surface area contributed by atoms with E-state index in [0.29, 0.717) is 6.42 Å². The van der Waals surface area contributed by atoms with E-state index in [2.05, 4.69) is 9.88 Å². The topological polar surface area (TPSA) is 75.2 Å². The van der Waals surface area contributed by atoms with E-state index in [9.17, 15) is 0 Å². The second kappa shape index (κ2) is 6.35. The summed E-state index contributed by atoms with van der Waals surface area (Å²) in [6.45, 7) is 5.50. The van der Waals surface area contributed by atoms with Gasteiger partial charge < -0.3 is 15.4 Å². The van der Waals surface area contributed by atoms with Gasteiger partial charge >= 0.3 is 0 Å². The molecule has 1 heterocycles. The Bertz CT molecular complexity index is 431. The monoisotopic (exact) mass is 250 g/mol. The van der Waals surface area contributed by atoms with E-state index < -0.39 is 0 Å². The summed E-state index contributed by atoms with van der Waals surface area (Å²) < 4.78 is 5.38. The summed E-state index contributed by atoms with van der Waals surface area (Å²) in [5, 5.41) is 7.22. The fourth-order valence-corrected chi connectivity index (χ4v) is 1.88. The van der Waals surface area contributed by atoms with Gasteiger partial charge in [-0.25, -0.2) is 0 Å². The van der Waals surface area contributed by atoms with E-state index in [4.69, 9.17) is 15.9 Å². The van der Waals surface area contributed by atoms with Crippen LogP contribution in [0.2, 0.25) is 0 Å². The molecule has 0 atom stereocenters. The molecule has 3 N–H and O–H groups in total. The Hall–Kier alpha value is -1.62. The average Bonchev–Trinajstić information content (AvgIpc) is 2.31. The first kappa shape index (κ1) is 14.4. The largest absolute Gasteiger partial charge is 0.496 e. The number of pyridine rings is 1. The Morgan fingerprint density at radius 1 is 1.50 bits per heavy atom. The number of aromatic nitrogens is 1. The smallest absolute Gasteiger partial charge is 0.128 e. The summed E-state index contributed by atoms with van der Waals surface area (Å²) in [6, 6.07) is 0. The summed E-state index contributed by atoms with van der Waals surface area (Å²) in [7, 11) is 3.68. The zero-order chi connectivity index (χ0) is 13.7. The molecule has 0 bridgehead atoms. The molecule has 0 unspecified atom stereocenters. The van der Waals surface area contributed by atoms with Crippen LogP contribution in [0.4, 0.5) is 0 Å². The molecule has 0 aliphatic carbocycles. The molecule has 1 aromatic rings. The normalized spacial score (nSPS) is 10.7. The van der Waals surface area contributed by atoms with Gasteiger partial charge in [0, 0.05) is 36.8 Å². The first-order valence-electron chi connectivity index (χ1n) is 5.96. The molecular formula is C13H22N4O. The summed E-state index contributed by atoms with van der Waals surface area (Å²) in [4.78, 5) is 6.55. The molecule has 0 saturated carbocycles. The summed E-state index contributed by atoms with van der Waals surface area (Å²) >= 11 is 0. The minimum absolute atomic E-state index is 0.216. The van der Waals surface area contributed by atoms with Gasteiger partial charge in [0.15, 0.2) is 0 Å². The molecule has 1 rings (SSSR count). The van der Waals surface area contributed by atoms with Gasteiger partial charge in [0.25, 0.3) is 0 Å². The van der Waals surface area contributed by atoms with Gasteiger partial charge in [0.2, 0.25) is 0 Å². The van der Waals surface area contributed by atoms with Crippen LogP contribution < -0.4 is 10.5 Å². The van der Waals surface area contributed by atoms with Crippen LogP contribution in [0, 0.1) is 19.3 Å². The molecule has 0 radical (unpaired) electrons. The molecule has 100 valence electrons. The first-order chi connectivity index (χ1) is 8.45. The molecule has 5 heteroatoms. The number of nitrogens with one attached hydrogen (secondary N) is 1. The zero-order valence-electron chi connectivity index (χ0n) is 11.6. The van der Waals surface area contributed by atoms with Crippen LogP contribution in [0.5, 0.6) is 5.75 Å². The lowest BCUT2D eigenvalue weighted by atomic mass is 10.1. The van der Waals surface area contributed by atoms with Crippen molar-refractivity contribution in [1.29, 1.82) is 5.41 Å². The van der Waals surface area contributed by atoms with Crippen molar-refractivity contribution < 1.29 is 4.74 Å². The average molecular weight is 250 g/mol. The maximum absolute atomic E-state index is 7.22. The van der Waals surface area contributed by atoms with Crippen molar-refractivity contribution in [2.75, 3.05) is 20.7 Å². The van der Waals surface area contributed by atoms with Crippen LogP contribution in [0.25, 0.3) is 0 Å². The van der Waals surface area contributed by atoms with E-state index in [1.54, 1.807) is 7.11 Å². The Kier molecular flexibility index (Phi) is 5.09. The van der Waals surface area contributed by atoms with Crippen LogP contribution in [0.3, 0.4) is 0 Å². The molecular weight excluding hydrogens is 228 g/mol. The molecule has 0 aromatic carbocycles. The standard InChI is InChI=1S/C13H22N4O/c1-9-7-16-11(10(2)13(9)18-4)8-17(3)6-5-12(14)15/h7H,5-6,8H2,1-4H3,(H3,14,15). The van der Waals surface area contributed by atoms with Gasteiger partial charge in [-0.3, -0.25) is 10.4 Å². The van der Waals surface area contributed by atoms with Crippen molar-refractivity contribution in [3.05, 3.63) is 23.0 Å². The Morgan fingerprint density at radius 2 is 2.17 bits per heavy atom. The number of hydrogen-bond acceptors (Lipinski definition) is 4. The van der Waals surface area contributed by atoms with E-state index in [0.717, 1.165) is 35.7 Å². The lowest BCUT2D eigenvalue weighted by Crippen LogP contribution is -2.24. The Morgan fingerprint density at radius 3 is 2.72 bits per heavy atom. The number of nitrogens with zero attached hydrogens (tertiary/aromatic N) is 2. The number of amidine groups is 1. The third-order valence-electron chi connectivity index (χ3n) is 2.93. The van der Waals surface area contributed by atoms with Crippen molar-refractivity contribution in [2.45, 2.75) is 26.8 Å². The highest BCUT2D eigenvalue weighted by molar-refractivity contribution is 5.76. The molecule has 0 aliphatic rings. The maximum Gasteiger partial charge on any atom is 0.128 e. The number of hydrogen-bond donors (Lipinski definition) is 2. The molecule has 0 aliphatic heterocycles. The molecule has 0 saturated heterocycles. The second-order valence-corrected chi connectivity index (χ2v) is 4.56. The van der Waals surface area contributed by atoms with Crippen molar-refractivity contribution in [2.24, 2.45) is 5.73 Å². The lowest BCUT2D eigenvalue weighted by Gasteiger charge is -2.18. The zero-order valence-corrected chi connectivity index (χ0v) is 11.6. The molecule has 1 aromatic heterocycles. The van der Waals surface area contributed by atoms with Crippen LogP contribution in [0.15, 0.2) is 6.20 Å². The minimum Gasteiger partial charge on any atom is -0.496 e. The van der Waals surface area contributed by atoms with E-state index in [1.807, 2.05) is 27.1 Å². The molecule has 0 spiro atoms. The van der Waals surface area contributed by atoms with Crippen molar-refractivity contribution in [3.8, 4) is 5.75 Å². The van der Waals surface area contributed by atoms with E-state index >= 15 is 0 Å². The number of ether oxygens (including phenoxy) is 1. The Balaban J connectivity index is 2.75. The van der Waals surface area contributed by atoms with E-state index in [1.165, 1.54) is 0 Å². The summed E-state index contributed by atoms with van der Waals surface area (Å²) in [5.74, 6) is 1.12. The fourth-order valence-electron chi connectivity index (χ4n) is 1.88. The fraction of sp³-hybridized carbons (Fsp3) is 0.538. The minimum atomic E-state index is 0.216. The highest BCUT2D eigenvalue weighted by Crippen LogP contribution is 2.24. The first-order valence-corrected chi connectivity index (χ1v) is 5.96. The van der Waals surface area contributed by atoms with Crippen molar-refractivity contribution >= 4 is 5.84 Å². The van der Waals surface area contributed by atoms with Gasteiger partial charge in [-0.05, 0) is 20.9 Å². The lowest BCUT2D eigenvalue weighted by molar-refractivity contribution is 0.329. The van der Waals surface area contributed by atoms with Crippen LogP contribution in [-0.4, -0.2) is 36.4 Å². The predicted octanol–water partition coefficient (Wildman–Crippen LogP) is 1.46. The number of aryl methyl sites for hydroxylation is 1. The SMILES string of the molecule is COc1c(C)cnc(CN(C)CCC(=N)N)c1C. The van der Waals surface area contributed by atoms with Gasteiger partial charge in [0.1, 0.15) is 5.75 Å². The predicted molar refractivity (Wildman–Crippen MR) is 73.1 cm³/mol. The highest BCUT2D eigenvalue weighted by atomic mass is 16.5. The van der Waals surface area contributed by atoms with Crippen LogP contribution >= 0.6 is 0 Å². The molecule has 18 heavy (non-hydrogen) atoms. The number of methoxy groups -OCH3 is 1. The number of rotatable bonds is 6.